The van der Waals surface area contributed by atoms with Crippen molar-refractivity contribution in [1.82, 2.24) is 46.8 Å². The van der Waals surface area contributed by atoms with Crippen LogP contribution in [0.3, 0.4) is 0 Å². The molecule has 3 atom stereocenters. The van der Waals surface area contributed by atoms with Gasteiger partial charge in [-0.15, -0.1) is 11.8 Å². The number of hydrogen-bond acceptors (Lipinski definition) is 17. The molecule has 0 aromatic heterocycles. The van der Waals surface area contributed by atoms with E-state index in [4.69, 9.17) is 25.5 Å². The highest BCUT2D eigenvalue weighted by Crippen LogP contribution is 2.36. The van der Waals surface area contributed by atoms with E-state index in [0.29, 0.717) is 30.4 Å². The Hall–Kier alpha value is -4.51. The third-order valence-electron chi connectivity index (χ3n) is 13.6. The van der Waals surface area contributed by atoms with E-state index in [1.165, 1.54) is 85.5 Å². The SMILES string of the molecule is C=C(CCN(C)C)NC(CCCCCCCCC(C=O)C(C)(C)C)CCNC.C=O.C=O.CC.CC.CC.CC1=C(C2=CC=C(CNC(=O)C3CCCN3C)CC2)SCN1.CCCc1cc(C2=CN(C)NC2)c(C(F)F)cc1N.CCO.CN.CNC.CO. The Bertz CT molecular complexity index is 1970. The second-order valence-corrected chi connectivity index (χ2v) is 22.6. The molecule has 1 fully saturated rings. The summed E-state index contributed by atoms with van der Waals surface area (Å²) in [5.74, 6) is 1.37. The molecule has 0 saturated carbocycles. The Labute approximate surface area is 548 Å². The van der Waals surface area contributed by atoms with Crippen LogP contribution in [-0.2, 0) is 25.6 Å². The molecular weight excluding hydrogens is 1150 g/mol. The standard InChI is InChI=1S/C24H49N3O.C17H25N3OS.C14H19F2N3.C2H7N.C2H6O.3C2H6.CH5N.CH4O.2CH2O/c1-21(17-19-27(6)7)26-23(16-18-25-5)15-13-11-9-8-10-12-14-22(20-28)24(2,3)4;1-12-16(22-11-19-12)14-7-5-13(6-8-14)10-18-17(21)15-4-3-9-20(15)2;1-3-4-9-5-11(10-7-18-19(2)8-10)12(14(15)16)6-13(9)17;1-3-2;1-2-3;7*1-2/h20,22-23,25-26H,1,8-19H2,2-7H3;5,7,15,19H,3-4,6,8-11H2,1-2H3,(H,18,21);5-6,8,14,18H,3-4,7,17H2,1-2H3;3H,1-2H3;3H,2H2,1H3;3*1-2H3;2H2,1H3;2H,1H3;2*1H2. The lowest BCUT2D eigenvalue weighted by molar-refractivity contribution is -0.125. The summed E-state index contributed by atoms with van der Waals surface area (Å²) in [4.78, 5) is 45.2. The quantitative estimate of drug-likeness (QED) is 0.0236. The number of nitrogens with one attached hydrogen (secondary N) is 6. The summed E-state index contributed by atoms with van der Waals surface area (Å²) in [6, 6.07) is 3.84. The summed E-state index contributed by atoms with van der Waals surface area (Å²) in [5, 5.41) is 32.5. The third-order valence-corrected chi connectivity index (χ3v) is 14.8. The maximum Gasteiger partial charge on any atom is 0.264 e. The fraction of sp³-hybridized carbons (Fsp3) is 0.710. The number of allylic oxidation sites excluding steroid dienone is 4. The molecule has 1 amide bonds. The number of aliphatic hydroxyl groups excluding tert-OH is 2. The molecule has 524 valence electrons. The van der Waals surface area contributed by atoms with Crippen LogP contribution in [0.5, 0.6) is 0 Å². The van der Waals surface area contributed by atoms with Gasteiger partial charge in [-0.2, -0.15) is 0 Å². The Balaban J connectivity index is -0.000000199. The van der Waals surface area contributed by atoms with Crippen LogP contribution in [0.25, 0.3) is 5.57 Å². The lowest BCUT2D eigenvalue weighted by Crippen LogP contribution is -2.42. The lowest BCUT2D eigenvalue weighted by Gasteiger charge is -2.25. The normalized spacial score (nSPS) is 14.9. The number of carbonyl (C=O) groups excluding carboxylic acids is 4. The number of likely N-dealkylation sites (tertiary alicyclic amines) is 1. The molecule has 1 aliphatic carbocycles. The summed E-state index contributed by atoms with van der Waals surface area (Å²) < 4.78 is 26.3. The minimum absolute atomic E-state index is 0.0145. The van der Waals surface area contributed by atoms with Crippen LogP contribution in [-0.4, -0.2) is 172 Å². The minimum atomic E-state index is -2.51. The number of anilines is 1. The summed E-state index contributed by atoms with van der Waals surface area (Å²) in [6.45, 7) is 37.2. The third kappa shape index (κ3) is 48.9. The van der Waals surface area contributed by atoms with Crippen molar-refractivity contribution in [2.45, 2.75) is 204 Å². The van der Waals surface area contributed by atoms with E-state index in [0.717, 1.165) is 108 Å². The predicted molar refractivity (Wildman–Crippen MR) is 384 cm³/mol. The molecule has 89 heavy (non-hydrogen) atoms. The van der Waals surface area contributed by atoms with Crippen molar-refractivity contribution in [2.75, 3.05) is 114 Å². The van der Waals surface area contributed by atoms with Gasteiger partial charge >= 0.3 is 0 Å². The van der Waals surface area contributed by atoms with Gasteiger partial charge in [-0.1, -0.05) is 138 Å². The number of unbranched alkanes of at least 4 members (excludes halogenated alkanes) is 5. The highest BCUT2D eigenvalue weighted by atomic mass is 32.2. The number of carbonyl (C=O) groups is 4. The molecule has 3 aliphatic heterocycles. The van der Waals surface area contributed by atoms with E-state index in [-0.39, 0.29) is 35.5 Å². The molecule has 5 rings (SSSR count). The van der Waals surface area contributed by atoms with E-state index in [1.807, 2.05) is 121 Å². The Morgan fingerprint density at radius 1 is 0.899 bits per heavy atom. The monoisotopic (exact) mass is 1290 g/mol. The molecule has 12 N–H and O–H groups in total. The molecule has 17 nitrogen and oxygen atoms in total. The highest BCUT2D eigenvalue weighted by molar-refractivity contribution is 8.03. The first-order valence-electron chi connectivity index (χ1n) is 32.5. The first-order chi connectivity index (χ1) is 42.7. The van der Waals surface area contributed by atoms with Crippen molar-refractivity contribution >= 4 is 48.8 Å². The van der Waals surface area contributed by atoms with Crippen LogP contribution < -0.4 is 43.5 Å². The predicted octanol–water partition coefficient (Wildman–Crippen LogP) is 12.0. The number of thioether (sulfide) groups is 1. The van der Waals surface area contributed by atoms with Gasteiger partial charge in [0, 0.05) is 86.1 Å². The number of aliphatic hydroxyl groups is 2. The molecule has 0 spiro atoms. The van der Waals surface area contributed by atoms with Crippen LogP contribution >= 0.6 is 11.8 Å². The van der Waals surface area contributed by atoms with Gasteiger partial charge in [0.15, 0.2) is 0 Å². The number of alkyl halides is 2. The molecular formula is C69H137F2N11O6S. The van der Waals surface area contributed by atoms with Gasteiger partial charge in [-0.3, -0.25) is 9.69 Å². The number of hydrazine groups is 1. The zero-order valence-electron chi connectivity index (χ0n) is 60.3. The first kappa shape index (κ1) is 98.1. The molecule has 4 aliphatic rings. The van der Waals surface area contributed by atoms with Crippen molar-refractivity contribution in [3.05, 3.63) is 81.2 Å². The zero-order chi connectivity index (χ0) is 70.3. The first-order valence-corrected chi connectivity index (χ1v) is 33.5. The van der Waals surface area contributed by atoms with Gasteiger partial charge in [-0.05, 0) is 174 Å². The number of nitrogens with zero attached hydrogens (tertiary/aromatic N) is 3. The van der Waals surface area contributed by atoms with Crippen LogP contribution in [0.15, 0.2) is 64.5 Å². The number of nitrogens with two attached hydrogens (primary N) is 2. The van der Waals surface area contributed by atoms with Crippen molar-refractivity contribution in [3.8, 4) is 0 Å². The van der Waals surface area contributed by atoms with Crippen LogP contribution in [0.1, 0.15) is 203 Å². The zero-order valence-corrected chi connectivity index (χ0v) is 61.2. The maximum atomic E-state index is 13.2. The van der Waals surface area contributed by atoms with Crippen LogP contribution in [0, 0.1) is 11.3 Å². The van der Waals surface area contributed by atoms with Gasteiger partial charge in [0.05, 0.1) is 11.9 Å². The molecule has 3 heterocycles. The summed E-state index contributed by atoms with van der Waals surface area (Å²) in [6.07, 6.45) is 22.9. The van der Waals surface area contributed by atoms with Crippen molar-refractivity contribution in [1.29, 1.82) is 0 Å². The smallest absolute Gasteiger partial charge is 0.264 e. The number of likely N-dealkylation sites (N-methyl/N-ethyl adjacent to an activating group) is 1. The molecule has 0 radical (unpaired) electrons. The second-order valence-electron chi connectivity index (χ2n) is 21.6. The van der Waals surface area contributed by atoms with Gasteiger partial charge in [0.1, 0.15) is 19.9 Å². The summed E-state index contributed by atoms with van der Waals surface area (Å²) >= 11 is 1.89. The summed E-state index contributed by atoms with van der Waals surface area (Å²) in [5.41, 5.74) is 21.6. The molecule has 1 aromatic rings. The Morgan fingerprint density at radius 3 is 1.87 bits per heavy atom. The van der Waals surface area contributed by atoms with E-state index in [9.17, 15) is 18.4 Å². The Morgan fingerprint density at radius 2 is 1.45 bits per heavy atom. The van der Waals surface area contributed by atoms with E-state index in [1.54, 1.807) is 11.9 Å². The highest BCUT2D eigenvalue weighted by Gasteiger charge is 2.28. The number of aryl methyl sites for hydroxylation is 1. The van der Waals surface area contributed by atoms with Gasteiger partial charge in [0.25, 0.3) is 6.43 Å². The van der Waals surface area contributed by atoms with Crippen molar-refractivity contribution in [3.63, 3.8) is 0 Å². The maximum absolute atomic E-state index is 13.2. The molecule has 1 saturated heterocycles. The molecule has 1 aromatic carbocycles. The van der Waals surface area contributed by atoms with E-state index in [2.05, 4.69) is 108 Å². The number of halogens is 2. The number of aldehydes is 1. The second kappa shape index (κ2) is 67.9. The minimum Gasteiger partial charge on any atom is -0.400 e. The average Bonchev–Trinajstić information content (AvgIpc) is 3.38. The molecule has 0 bridgehead atoms. The van der Waals surface area contributed by atoms with E-state index >= 15 is 0 Å². The largest absolute Gasteiger partial charge is 0.400 e. The fourth-order valence-electron chi connectivity index (χ4n) is 9.13. The summed E-state index contributed by atoms with van der Waals surface area (Å²) in [7, 11) is 16.4. The molecule has 20 heteroatoms. The topological polar surface area (TPSA) is 243 Å². The number of hydrogen-bond donors (Lipinski definition) is 10. The van der Waals surface area contributed by atoms with Crippen molar-refractivity contribution in [2.24, 2.45) is 17.1 Å². The fourth-order valence-corrected chi connectivity index (χ4v) is 10.2. The molecule has 3 unspecified atom stereocenters. The lowest BCUT2D eigenvalue weighted by atomic mass is 9.79. The van der Waals surface area contributed by atoms with Crippen molar-refractivity contribution < 1.29 is 38.2 Å². The van der Waals surface area contributed by atoms with E-state index < -0.39 is 6.43 Å². The number of amides is 1. The van der Waals surface area contributed by atoms with Gasteiger partial charge < -0.3 is 72.6 Å². The number of nitrogen functional groups attached to an aromatic ring is 1. The number of benzene rings is 1. The Kier molecular flexibility index (Phi) is 74.8. The van der Waals surface area contributed by atoms with Gasteiger partial charge in [0.2, 0.25) is 5.91 Å². The van der Waals surface area contributed by atoms with Gasteiger partial charge in [-0.25, -0.2) is 14.2 Å². The van der Waals surface area contributed by atoms with Crippen LogP contribution in [0.4, 0.5) is 14.5 Å². The van der Waals surface area contributed by atoms with Crippen LogP contribution in [0.2, 0.25) is 0 Å². The number of rotatable bonds is 26. The average molecular weight is 1290 g/mol.